The van der Waals surface area contributed by atoms with Crippen molar-refractivity contribution in [3.63, 3.8) is 0 Å². The zero-order valence-electron chi connectivity index (χ0n) is 15.3. The van der Waals surface area contributed by atoms with Crippen molar-refractivity contribution >= 4 is 5.69 Å². The molecule has 0 spiro atoms. The minimum absolute atomic E-state index is 0.364. The van der Waals surface area contributed by atoms with Crippen LogP contribution in [0, 0.1) is 0 Å². The average Bonchev–Trinajstić information content (AvgIpc) is 2.80. The Morgan fingerprint density at radius 3 is 1.93 bits per heavy atom. The molecule has 0 bridgehead atoms. The van der Waals surface area contributed by atoms with Crippen LogP contribution >= 0.6 is 0 Å². The Bertz CT molecular complexity index is 1030. The molecule has 3 nitrogen and oxygen atoms in total. The van der Waals surface area contributed by atoms with E-state index in [1.807, 2.05) is 36.4 Å². The number of fused-ring (bicyclic) bond motifs is 1. The number of nitrogens with zero attached hydrogens (tertiary/aromatic N) is 1. The van der Waals surface area contributed by atoms with E-state index in [2.05, 4.69) is 77.0 Å². The van der Waals surface area contributed by atoms with E-state index in [4.69, 9.17) is 4.74 Å². The van der Waals surface area contributed by atoms with Crippen LogP contribution in [0.3, 0.4) is 0 Å². The van der Waals surface area contributed by atoms with Gasteiger partial charge in [-0.2, -0.15) is 0 Å². The molecule has 3 heteroatoms. The van der Waals surface area contributed by atoms with Gasteiger partial charge in [-0.25, -0.2) is 0 Å². The van der Waals surface area contributed by atoms with Gasteiger partial charge in [0.2, 0.25) is 0 Å². The van der Waals surface area contributed by atoms with Gasteiger partial charge in [-0.15, -0.1) is 0 Å². The van der Waals surface area contributed by atoms with E-state index in [0.717, 1.165) is 28.1 Å². The second-order valence-corrected chi connectivity index (χ2v) is 6.86. The summed E-state index contributed by atoms with van der Waals surface area (Å²) < 4.78 is 6.89. The van der Waals surface area contributed by atoms with Crippen LogP contribution in [0.4, 0.5) is 5.69 Å². The topological polar surface area (TPSA) is 34.1 Å². The SMILES string of the molecule is c1ccc(C2(c3ccccc3)OC(c3ccccn3)Nc3ccccc32)cc1. The highest BCUT2D eigenvalue weighted by atomic mass is 16.5. The largest absolute Gasteiger partial charge is 0.355 e. The zero-order chi connectivity index (χ0) is 18.8. The van der Waals surface area contributed by atoms with Gasteiger partial charge in [0.25, 0.3) is 0 Å². The van der Waals surface area contributed by atoms with Crippen molar-refractivity contribution in [1.82, 2.24) is 4.98 Å². The lowest BCUT2D eigenvalue weighted by atomic mass is 9.78. The maximum absolute atomic E-state index is 6.89. The molecule has 5 rings (SSSR count). The average molecular weight is 364 g/mol. The first-order valence-electron chi connectivity index (χ1n) is 9.44. The van der Waals surface area contributed by atoms with Crippen molar-refractivity contribution in [2.45, 2.75) is 11.8 Å². The fourth-order valence-corrected chi connectivity index (χ4v) is 3.95. The smallest absolute Gasteiger partial charge is 0.173 e. The molecule has 0 saturated heterocycles. The lowest BCUT2D eigenvalue weighted by Gasteiger charge is -2.44. The molecular weight excluding hydrogens is 344 g/mol. The highest BCUT2D eigenvalue weighted by Gasteiger charge is 2.45. The minimum Gasteiger partial charge on any atom is -0.355 e. The maximum atomic E-state index is 6.89. The summed E-state index contributed by atoms with van der Waals surface area (Å²) >= 11 is 0. The third-order valence-corrected chi connectivity index (χ3v) is 5.20. The number of nitrogens with one attached hydrogen (secondary N) is 1. The molecule has 1 unspecified atom stereocenters. The fourth-order valence-electron chi connectivity index (χ4n) is 3.95. The number of benzene rings is 3. The van der Waals surface area contributed by atoms with Gasteiger partial charge in [0.05, 0.1) is 5.69 Å². The first-order valence-corrected chi connectivity index (χ1v) is 9.44. The van der Waals surface area contributed by atoms with E-state index in [0.29, 0.717) is 0 Å². The van der Waals surface area contributed by atoms with Crippen LogP contribution < -0.4 is 5.32 Å². The van der Waals surface area contributed by atoms with Crippen molar-refractivity contribution in [3.05, 3.63) is 132 Å². The van der Waals surface area contributed by atoms with Gasteiger partial charge < -0.3 is 10.1 Å². The van der Waals surface area contributed by atoms with E-state index in [9.17, 15) is 0 Å². The number of hydrogen-bond acceptors (Lipinski definition) is 3. The molecule has 1 atom stereocenters. The molecule has 0 fully saturated rings. The highest BCUT2D eigenvalue weighted by molar-refractivity contribution is 5.63. The number of anilines is 1. The van der Waals surface area contributed by atoms with Crippen molar-refractivity contribution < 1.29 is 4.74 Å². The van der Waals surface area contributed by atoms with Crippen molar-refractivity contribution in [1.29, 1.82) is 0 Å². The number of aromatic nitrogens is 1. The number of ether oxygens (including phenoxy) is 1. The Morgan fingerprint density at radius 2 is 1.29 bits per heavy atom. The number of pyridine rings is 1. The predicted molar refractivity (Wildman–Crippen MR) is 111 cm³/mol. The van der Waals surface area contributed by atoms with Crippen LogP contribution in [-0.2, 0) is 10.3 Å². The molecule has 0 saturated carbocycles. The normalized spacial score (nSPS) is 17.4. The number of para-hydroxylation sites is 1. The Labute approximate surface area is 164 Å². The Hall–Kier alpha value is -3.43. The first-order chi connectivity index (χ1) is 13.9. The van der Waals surface area contributed by atoms with Gasteiger partial charge in [0, 0.05) is 17.4 Å². The van der Waals surface area contributed by atoms with Gasteiger partial charge in [-0.3, -0.25) is 4.98 Å². The van der Waals surface area contributed by atoms with E-state index < -0.39 is 5.60 Å². The summed E-state index contributed by atoms with van der Waals surface area (Å²) in [5, 5.41) is 3.52. The third-order valence-electron chi connectivity index (χ3n) is 5.20. The molecule has 2 heterocycles. The molecule has 136 valence electrons. The summed E-state index contributed by atoms with van der Waals surface area (Å²) in [6.45, 7) is 0. The molecule has 0 amide bonds. The Balaban J connectivity index is 1.79. The monoisotopic (exact) mass is 364 g/mol. The van der Waals surface area contributed by atoms with Gasteiger partial charge in [-0.1, -0.05) is 84.9 Å². The Kier molecular flexibility index (Phi) is 4.15. The van der Waals surface area contributed by atoms with Crippen LogP contribution in [0.5, 0.6) is 0 Å². The molecule has 0 aliphatic carbocycles. The van der Waals surface area contributed by atoms with Gasteiger partial charge >= 0.3 is 0 Å². The molecule has 1 aliphatic heterocycles. The molecule has 4 aromatic rings. The highest BCUT2D eigenvalue weighted by Crippen LogP contribution is 2.49. The maximum Gasteiger partial charge on any atom is 0.173 e. The lowest BCUT2D eigenvalue weighted by molar-refractivity contribution is -0.0450. The molecule has 3 aromatic carbocycles. The third kappa shape index (κ3) is 2.68. The summed E-state index contributed by atoms with van der Waals surface area (Å²) in [5.41, 5.74) is 4.46. The van der Waals surface area contributed by atoms with Crippen LogP contribution in [0.15, 0.2) is 109 Å². The lowest BCUT2D eigenvalue weighted by Crippen LogP contribution is -2.41. The van der Waals surface area contributed by atoms with Crippen LogP contribution in [0.2, 0.25) is 0 Å². The molecule has 28 heavy (non-hydrogen) atoms. The van der Waals surface area contributed by atoms with E-state index in [1.165, 1.54) is 0 Å². The van der Waals surface area contributed by atoms with Gasteiger partial charge in [-0.05, 0) is 29.3 Å². The summed E-state index contributed by atoms with van der Waals surface area (Å²) in [4.78, 5) is 4.54. The number of rotatable bonds is 3. The van der Waals surface area contributed by atoms with Gasteiger partial charge in [0.15, 0.2) is 6.23 Å². The summed E-state index contributed by atoms with van der Waals surface area (Å²) in [6, 6.07) is 35.1. The van der Waals surface area contributed by atoms with E-state index >= 15 is 0 Å². The van der Waals surface area contributed by atoms with Crippen LogP contribution in [0.25, 0.3) is 0 Å². The van der Waals surface area contributed by atoms with Gasteiger partial charge in [0.1, 0.15) is 5.60 Å². The zero-order valence-corrected chi connectivity index (χ0v) is 15.3. The molecular formula is C25H20N2O. The quantitative estimate of drug-likeness (QED) is 0.520. The number of hydrogen-bond donors (Lipinski definition) is 1. The summed E-state index contributed by atoms with van der Waals surface area (Å²) in [6.07, 6.45) is 1.43. The second kappa shape index (κ2) is 6.95. The minimum atomic E-state index is -0.730. The standard InChI is InChI=1S/C25H20N2O/c1-3-11-19(12-4-1)25(20-13-5-2-6-14-20)21-15-7-8-16-22(21)27-24(28-25)23-17-9-10-18-26-23/h1-18,24,27H. The van der Waals surface area contributed by atoms with Crippen LogP contribution in [-0.4, -0.2) is 4.98 Å². The molecule has 1 N–H and O–H groups in total. The summed E-state index contributed by atoms with van der Waals surface area (Å²) in [5.74, 6) is 0. The van der Waals surface area contributed by atoms with E-state index in [1.54, 1.807) is 6.20 Å². The molecule has 1 aliphatic rings. The predicted octanol–water partition coefficient (Wildman–Crippen LogP) is 5.51. The Morgan fingerprint density at radius 1 is 0.679 bits per heavy atom. The molecule has 0 radical (unpaired) electrons. The fraction of sp³-hybridized carbons (Fsp3) is 0.0800. The first kappa shape index (κ1) is 16.7. The summed E-state index contributed by atoms with van der Waals surface area (Å²) in [7, 11) is 0. The van der Waals surface area contributed by atoms with E-state index in [-0.39, 0.29) is 6.23 Å². The van der Waals surface area contributed by atoms with Crippen molar-refractivity contribution in [2.75, 3.05) is 5.32 Å². The molecule has 1 aromatic heterocycles. The van der Waals surface area contributed by atoms with Crippen molar-refractivity contribution in [3.8, 4) is 0 Å². The van der Waals surface area contributed by atoms with Crippen molar-refractivity contribution in [2.24, 2.45) is 0 Å². The van der Waals surface area contributed by atoms with Crippen LogP contribution in [0.1, 0.15) is 28.6 Å². The second-order valence-electron chi connectivity index (χ2n) is 6.86.